The van der Waals surface area contributed by atoms with Crippen molar-refractivity contribution < 1.29 is 9.53 Å². The first-order valence-corrected chi connectivity index (χ1v) is 9.75. The van der Waals surface area contributed by atoms with E-state index in [1.54, 1.807) is 0 Å². The van der Waals surface area contributed by atoms with Gasteiger partial charge in [-0.25, -0.2) is 9.98 Å². The van der Waals surface area contributed by atoms with Crippen LogP contribution in [0.25, 0.3) is 0 Å². The number of rotatable bonds is 7. The molecule has 0 aliphatic carbocycles. The maximum absolute atomic E-state index is 12.1. The van der Waals surface area contributed by atoms with Crippen molar-refractivity contribution >= 4 is 11.9 Å². The highest BCUT2D eigenvalue weighted by Gasteiger charge is 2.28. The average Bonchev–Trinajstić information content (AvgIpc) is 3.05. The van der Waals surface area contributed by atoms with Crippen molar-refractivity contribution in [3.8, 4) is 0 Å². The minimum atomic E-state index is -0.0967. The Labute approximate surface area is 156 Å². The molecule has 1 fully saturated rings. The monoisotopic (exact) mass is 363 g/mol. The molecule has 0 radical (unpaired) electrons. The molecule has 1 aromatic heterocycles. The molecule has 2 heterocycles. The van der Waals surface area contributed by atoms with E-state index in [-0.39, 0.29) is 11.9 Å². The standard InChI is InChI=1S/C19H33N5O2/c1-5-20-19(22-12-17-21-9-11-23(17)13-15(3)4)24-10-7-8-16(14-24)18(25)26-6-2/h9,11,15-16H,5-8,10,12-14H2,1-4H3,(H,20,22). The minimum Gasteiger partial charge on any atom is -0.466 e. The first-order chi connectivity index (χ1) is 12.5. The van der Waals surface area contributed by atoms with E-state index in [0.29, 0.717) is 25.6 Å². The van der Waals surface area contributed by atoms with Gasteiger partial charge in [-0.3, -0.25) is 4.79 Å². The van der Waals surface area contributed by atoms with E-state index in [1.807, 2.05) is 19.3 Å². The fourth-order valence-electron chi connectivity index (χ4n) is 3.24. The normalized spacial score (nSPS) is 18.3. The van der Waals surface area contributed by atoms with Crippen LogP contribution in [-0.2, 0) is 22.6 Å². The molecule has 1 saturated heterocycles. The molecule has 1 aromatic rings. The SMILES string of the molecule is CCNC(=NCc1nccn1CC(C)C)N1CCCC(C(=O)OCC)C1. The largest absolute Gasteiger partial charge is 0.466 e. The van der Waals surface area contributed by atoms with Gasteiger partial charge in [-0.2, -0.15) is 0 Å². The number of esters is 1. The summed E-state index contributed by atoms with van der Waals surface area (Å²) in [7, 11) is 0. The summed E-state index contributed by atoms with van der Waals surface area (Å²) in [6.45, 7) is 12.6. The van der Waals surface area contributed by atoms with Gasteiger partial charge < -0.3 is 19.5 Å². The summed E-state index contributed by atoms with van der Waals surface area (Å²) < 4.78 is 7.36. The molecule has 1 atom stereocenters. The maximum Gasteiger partial charge on any atom is 0.310 e. The zero-order valence-electron chi connectivity index (χ0n) is 16.6. The molecule has 0 amide bonds. The zero-order valence-corrected chi connectivity index (χ0v) is 16.6. The van der Waals surface area contributed by atoms with Crippen LogP contribution in [0.3, 0.4) is 0 Å². The topological polar surface area (TPSA) is 71.8 Å². The van der Waals surface area contributed by atoms with Gasteiger partial charge in [0.2, 0.25) is 0 Å². The molecule has 0 spiro atoms. The average molecular weight is 364 g/mol. The number of carbonyl (C=O) groups is 1. The van der Waals surface area contributed by atoms with Crippen molar-refractivity contribution in [2.45, 2.75) is 53.6 Å². The number of guanidine groups is 1. The number of ether oxygens (including phenoxy) is 1. The predicted molar refractivity (Wildman–Crippen MR) is 103 cm³/mol. The third-order valence-corrected chi connectivity index (χ3v) is 4.41. The highest BCUT2D eigenvalue weighted by Crippen LogP contribution is 2.18. The number of hydrogen-bond donors (Lipinski definition) is 1. The number of likely N-dealkylation sites (tertiary alicyclic amines) is 1. The van der Waals surface area contributed by atoms with Crippen molar-refractivity contribution in [2.24, 2.45) is 16.8 Å². The molecule has 0 saturated carbocycles. The molecule has 7 nitrogen and oxygen atoms in total. The molecule has 1 N–H and O–H groups in total. The van der Waals surface area contributed by atoms with Crippen molar-refractivity contribution in [3.63, 3.8) is 0 Å². The number of nitrogens with one attached hydrogen (secondary N) is 1. The summed E-state index contributed by atoms with van der Waals surface area (Å²) >= 11 is 0. The number of hydrogen-bond acceptors (Lipinski definition) is 4. The molecule has 146 valence electrons. The number of aromatic nitrogens is 2. The second-order valence-electron chi connectivity index (χ2n) is 7.10. The lowest BCUT2D eigenvalue weighted by Crippen LogP contribution is -2.48. The van der Waals surface area contributed by atoms with Crippen molar-refractivity contribution in [1.82, 2.24) is 19.8 Å². The Hall–Kier alpha value is -2.05. The second-order valence-corrected chi connectivity index (χ2v) is 7.10. The van der Waals surface area contributed by atoms with E-state index in [2.05, 4.69) is 40.5 Å². The molecular weight excluding hydrogens is 330 g/mol. The number of imidazole rings is 1. The molecule has 1 aliphatic heterocycles. The third-order valence-electron chi connectivity index (χ3n) is 4.41. The summed E-state index contributed by atoms with van der Waals surface area (Å²) in [5.74, 6) is 2.21. The smallest absolute Gasteiger partial charge is 0.310 e. The molecule has 0 bridgehead atoms. The number of nitrogens with zero attached hydrogens (tertiary/aromatic N) is 4. The van der Waals surface area contributed by atoms with Gasteiger partial charge in [0.1, 0.15) is 12.4 Å². The highest BCUT2D eigenvalue weighted by molar-refractivity contribution is 5.81. The quantitative estimate of drug-likeness (QED) is 0.457. The Morgan fingerprint density at radius 1 is 1.46 bits per heavy atom. The molecule has 2 rings (SSSR count). The van der Waals surface area contributed by atoms with Crippen LogP contribution in [0.5, 0.6) is 0 Å². The zero-order chi connectivity index (χ0) is 18.9. The van der Waals surface area contributed by atoms with Gasteiger partial charge in [-0.05, 0) is 32.6 Å². The van der Waals surface area contributed by atoms with E-state index < -0.39 is 0 Å². The predicted octanol–water partition coefficient (Wildman–Crippen LogP) is 2.28. The van der Waals surface area contributed by atoms with E-state index in [9.17, 15) is 4.79 Å². The van der Waals surface area contributed by atoms with Crippen molar-refractivity contribution in [3.05, 3.63) is 18.2 Å². The summed E-state index contributed by atoms with van der Waals surface area (Å²) in [5.41, 5.74) is 0. The molecule has 7 heteroatoms. The van der Waals surface area contributed by atoms with E-state index in [1.165, 1.54) is 0 Å². The molecule has 1 aliphatic rings. The Bertz CT molecular complexity index is 597. The Kier molecular flexibility index (Phi) is 7.94. The fraction of sp³-hybridized carbons (Fsp3) is 0.737. The molecular formula is C19H33N5O2. The van der Waals surface area contributed by atoms with E-state index >= 15 is 0 Å². The third kappa shape index (κ3) is 5.75. The first kappa shape index (κ1) is 20.3. The summed E-state index contributed by atoms with van der Waals surface area (Å²) in [6, 6.07) is 0. The molecule has 1 unspecified atom stereocenters. The van der Waals surface area contributed by atoms with Gasteiger partial charge in [0.15, 0.2) is 5.96 Å². The van der Waals surface area contributed by atoms with Crippen LogP contribution in [0.4, 0.5) is 0 Å². The van der Waals surface area contributed by atoms with Crippen LogP contribution in [-0.4, -0.2) is 52.6 Å². The van der Waals surface area contributed by atoms with Gasteiger partial charge in [0.25, 0.3) is 0 Å². The van der Waals surface area contributed by atoms with E-state index in [4.69, 9.17) is 9.73 Å². The molecule has 26 heavy (non-hydrogen) atoms. The Morgan fingerprint density at radius 2 is 2.27 bits per heavy atom. The summed E-state index contributed by atoms with van der Waals surface area (Å²) in [4.78, 5) is 23.5. The summed E-state index contributed by atoms with van der Waals surface area (Å²) in [6.07, 6.45) is 5.69. The minimum absolute atomic E-state index is 0.0736. The highest BCUT2D eigenvalue weighted by atomic mass is 16.5. The van der Waals surface area contributed by atoms with Gasteiger partial charge in [-0.15, -0.1) is 0 Å². The first-order valence-electron chi connectivity index (χ1n) is 9.75. The van der Waals surface area contributed by atoms with Gasteiger partial charge in [-0.1, -0.05) is 13.8 Å². The fourth-order valence-corrected chi connectivity index (χ4v) is 3.24. The van der Waals surface area contributed by atoms with Crippen LogP contribution >= 0.6 is 0 Å². The second kappa shape index (κ2) is 10.2. The number of piperidine rings is 1. The Balaban J connectivity index is 2.06. The van der Waals surface area contributed by atoms with Crippen LogP contribution in [0, 0.1) is 11.8 Å². The lowest BCUT2D eigenvalue weighted by molar-refractivity contribution is -0.149. The van der Waals surface area contributed by atoms with Gasteiger partial charge >= 0.3 is 5.97 Å². The number of aliphatic imine (C=N–C) groups is 1. The van der Waals surface area contributed by atoms with Crippen LogP contribution in [0.15, 0.2) is 17.4 Å². The molecule has 0 aromatic carbocycles. The van der Waals surface area contributed by atoms with Gasteiger partial charge in [0.05, 0.1) is 12.5 Å². The number of carbonyl (C=O) groups excluding carboxylic acids is 1. The van der Waals surface area contributed by atoms with E-state index in [0.717, 1.165) is 44.3 Å². The van der Waals surface area contributed by atoms with Crippen LogP contribution in [0.2, 0.25) is 0 Å². The lowest BCUT2D eigenvalue weighted by atomic mass is 9.98. The maximum atomic E-state index is 12.1. The Morgan fingerprint density at radius 3 is 2.96 bits per heavy atom. The van der Waals surface area contributed by atoms with Crippen LogP contribution < -0.4 is 5.32 Å². The summed E-state index contributed by atoms with van der Waals surface area (Å²) in [5, 5.41) is 3.35. The van der Waals surface area contributed by atoms with Gasteiger partial charge in [0, 0.05) is 38.6 Å². The van der Waals surface area contributed by atoms with Crippen molar-refractivity contribution in [1.29, 1.82) is 0 Å². The van der Waals surface area contributed by atoms with Crippen LogP contribution in [0.1, 0.15) is 46.4 Å². The lowest BCUT2D eigenvalue weighted by Gasteiger charge is -2.34. The van der Waals surface area contributed by atoms with Crippen molar-refractivity contribution in [2.75, 3.05) is 26.2 Å².